The second kappa shape index (κ2) is 6.53. The maximum Gasteiger partial charge on any atom is 0.168 e. The smallest absolute Gasteiger partial charge is 0.168 e. The minimum Gasteiger partial charge on any atom is -0.497 e. The average Bonchev–Trinajstić information content (AvgIpc) is 2.53. The van der Waals surface area contributed by atoms with Crippen molar-refractivity contribution >= 4 is 11.6 Å². The largest absolute Gasteiger partial charge is 0.497 e. The third kappa shape index (κ3) is 2.68. The normalized spacial score (nSPS) is 10.2. The molecule has 2 aromatic rings. The number of alkyl halides is 1. The second-order valence-electron chi connectivity index (χ2n) is 4.20. The van der Waals surface area contributed by atoms with E-state index < -0.39 is 0 Å². The molecule has 20 heavy (non-hydrogen) atoms. The Bertz CT molecular complexity index is 579. The van der Waals surface area contributed by atoms with Crippen LogP contribution in [-0.4, -0.2) is 21.3 Å². The molecule has 0 aliphatic rings. The van der Waals surface area contributed by atoms with Crippen LogP contribution in [0.2, 0.25) is 0 Å². The van der Waals surface area contributed by atoms with Crippen LogP contribution in [0.3, 0.4) is 0 Å². The molecule has 0 aliphatic heterocycles. The molecule has 0 aromatic heterocycles. The third-order valence-corrected chi connectivity index (χ3v) is 3.44. The topological polar surface area (TPSA) is 27.7 Å². The van der Waals surface area contributed by atoms with Crippen LogP contribution < -0.4 is 14.2 Å². The summed E-state index contributed by atoms with van der Waals surface area (Å²) in [7, 11) is 4.89. The fourth-order valence-corrected chi connectivity index (χ4v) is 2.38. The maximum atomic E-state index is 6.04. The molecule has 3 nitrogen and oxygen atoms in total. The number of hydrogen-bond donors (Lipinski definition) is 0. The summed E-state index contributed by atoms with van der Waals surface area (Å²) in [5.74, 6) is 2.59. The molecule has 0 saturated carbocycles. The fraction of sp³-hybridized carbons (Fsp3) is 0.250. The summed E-state index contributed by atoms with van der Waals surface area (Å²) in [6, 6.07) is 11.6. The molecule has 0 saturated heterocycles. The minimum atomic E-state index is 0.404. The van der Waals surface area contributed by atoms with Crippen LogP contribution in [0, 0.1) is 0 Å². The SMILES string of the molecule is COc1ccc(-c2c(CCl)ccc(OC)c2OC)cc1. The van der Waals surface area contributed by atoms with Crippen molar-refractivity contribution in [1.29, 1.82) is 0 Å². The lowest BCUT2D eigenvalue weighted by molar-refractivity contribution is 0.356. The molecule has 0 atom stereocenters. The molecule has 0 heterocycles. The van der Waals surface area contributed by atoms with E-state index in [1.807, 2.05) is 36.4 Å². The van der Waals surface area contributed by atoms with E-state index in [1.54, 1.807) is 21.3 Å². The molecule has 0 unspecified atom stereocenters. The van der Waals surface area contributed by atoms with E-state index >= 15 is 0 Å². The Morgan fingerprint density at radius 3 is 2.05 bits per heavy atom. The van der Waals surface area contributed by atoms with Crippen LogP contribution in [0.25, 0.3) is 11.1 Å². The summed E-state index contributed by atoms with van der Waals surface area (Å²) in [4.78, 5) is 0. The van der Waals surface area contributed by atoms with Gasteiger partial charge in [0, 0.05) is 11.4 Å². The summed E-state index contributed by atoms with van der Waals surface area (Å²) in [5, 5.41) is 0. The van der Waals surface area contributed by atoms with E-state index in [1.165, 1.54) is 0 Å². The number of benzene rings is 2. The maximum absolute atomic E-state index is 6.04. The Balaban J connectivity index is 2.62. The quantitative estimate of drug-likeness (QED) is 0.776. The van der Waals surface area contributed by atoms with Gasteiger partial charge in [-0.1, -0.05) is 18.2 Å². The summed E-state index contributed by atoms with van der Waals surface area (Å²) in [6.07, 6.45) is 0. The van der Waals surface area contributed by atoms with Crippen molar-refractivity contribution in [2.45, 2.75) is 5.88 Å². The van der Waals surface area contributed by atoms with Crippen LogP contribution in [0.1, 0.15) is 5.56 Å². The molecule has 0 N–H and O–H groups in total. The molecule has 0 bridgehead atoms. The van der Waals surface area contributed by atoms with Gasteiger partial charge in [-0.2, -0.15) is 0 Å². The molecule has 0 amide bonds. The first-order valence-corrected chi connectivity index (χ1v) is 6.72. The van der Waals surface area contributed by atoms with Gasteiger partial charge in [0.2, 0.25) is 0 Å². The molecular formula is C16H17ClO3. The van der Waals surface area contributed by atoms with E-state index in [2.05, 4.69) is 0 Å². The summed E-state index contributed by atoms with van der Waals surface area (Å²) >= 11 is 6.04. The minimum absolute atomic E-state index is 0.404. The molecule has 2 aromatic carbocycles. The Hall–Kier alpha value is -1.87. The van der Waals surface area contributed by atoms with Crippen molar-refractivity contribution < 1.29 is 14.2 Å². The first kappa shape index (κ1) is 14.5. The molecule has 4 heteroatoms. The fourth-order valence-electron chi connectivity index (χ4n) is 2.15. The Morgan fingerprint density at radius 2 is 1.55 bits per heavy atom. The predicted molar refractivity (Wildman–Crippen MR) is 81.1 cm³/mol. The number of halogens is 1. The Kier molecular flexibility index (Phi) is 4.74. The van der Waals surface area contributed by atoms with Gasteiger partial charge in [0.1, 0.15) is 5.75 Å². The number of hydrogen-bond acceptors (Lipinski definition) is 3. The van der Waals surface area contributed by atoms with Gasteiger partial charge >= 0.3 is 0 Å². The zero-order chi connectivity index (χ0) is 14.5. The van der Waals surface area contributed by atoms with Crippen LogP contribution in [0.4, 0.5) is 0 Å². The van der Waals surface area contributed by atoms with E-state index in [4.69, 9.17) is 25.8 Å². The monoisotopic (exact) mass is 292 g/mol. The predicted octanol–water partition coefficient (Wildman–Crippen LogP) is 4.12. The zero-order valence-electron chi connectivity index (χ0n) is 11.8. The van der Waals surface area contributed by atoms with E-state index in [-0.39, 0.29) is 0 Å². The third-order valence-electron chi connectivity index (χ3n) is 3.15. The lowest BCUT2D eigenvalue weighted by Crippen LogP contribution is -1.97. The van der Waals surface area contributed by atoms with Gasteiger partial charge in [-0.05, 0) is 29.3 Å². The summed E-state index contributed by atoms with van der Waals surface area (Å²) < 4.78 is 16.0. The summed E-state index contributed by atoms with van der Waals surface area (Å²) in [6.45, 7) is 0. The zero-order valence-corrected chi connectivity index (χ0v) is 12.5. The number of ether oxygens (including phenoxy) is 3. The number of methoxy groups -OCH3 is 3. The molecule has 0 fully saturated rings. The van der Waals surface area contributed by atoms with Crippen molar-refractivity contribution in [2.24, 2.45) is 0 Å². The molecular weight excluding hydrogens is 276 g/mol. The standard InChI is InChI=1S/C16H17ClO3/c1-18-13-7-4-11(5-8-13)15-12(10-17)6-9-14(19-2)16(15)20-3/h4-9H,10H2,1-3H3. The van der Waals surface area contributed by atoms with Crippen LogP contribution in [-0.2, 0) is 5.88 Å². The molecule has 0 radical (unpaired) electrons. The molecule has 0 aliphatic carbocycles. The van der Waals surface area contributed by atoms with Crippen LogP contribution in [0.5, 0.6) is 17.2 Å². The average molecular weight is 293 g/mol. The van der Waals surface area contributed by atoms with Crippen molar-refractivity contribution in [3.05, 3.63) is 42.0 Å². The van der Waals surface area contributed by atoms with Gasteiger partial charge in [0.25, 0.3) is 0 Å². The van der Waals surface area contributed by atoms with Crippen LogP contribution in [0.15, 0.2) is 36.4 Å². The molecule has 2 rings (SSSR count). The van der Waals surface area contributed by atoms with E-state index in [9.17, 15) is 0 Å². The van der Waals surface area contributed by atoms with Gasteiger partial charge in [-0.3, -0.25) is 0 Å². The van der Waals surface area contributed by atoms with Crippen molar-refractivity contribution in [3.63, 3.8) is 0 Å². The Labute approximate surface area is 124 Å². The highest BCUT2D eigenvalue weighted by Gasteiger charge is 2.16. The van der Waals surface area contributed by atoms with Gasteiger partial charge in [0.15, 0.2) is 11.5 Å². The molecule has 106 valence electrons. The summed E-state index contributed by atoms with van der Waals surface area (Å²) in [5.41, 5.74) is 2.95. The van der Waals surface area contributed by atoms with Gasteiger partial charge in [-0.25, -0.2) is 0 Å². The van der Waals surface area contributed by atoms with Crippen molar-refractivity contribution in [1.82, 2.24) is 0 Å². The van der Waals surface area contributed by atoms with Gasteiger partial charge < -0.3 is 14.2 Å². The van der Waals surface area contributed by atoms with Gasteiger partial charge in [0.05, 0.1) is 21.3 Å². The lowest BCUT2D eigenvalue weighted by atomic mass is 9.98. The van der Waals surface area contributed by atoms with E-state index in [0.717, 1.165) is 22.4 Å². The number of rotatable bonds is 5. The van der Waals surface area contributed by atoms with E-state index in [0.29, 0.717) is 17.4 Å². The highest BCUT2D eigenvalue weighted by molar-refractivity contribution is 6.17. The van der Waals surface area contributed by atoms with Crippen LogP contribution >= 0.6 is 11.6 Å². The first-order chi connectivity index (χ1) is 9.74. The first-order valence-electron chi connectivity index (χ1n) is 6.19. The highest BCUT2D eigenvalue weighted by Crippen LogP contribution is 2.41. The van der Waals surface area contributed by atoms with Crippen molar-refractivity contribution in [3.8, 4) is 28.4 Å². The van der Waals surface area contributed by atoms with Gasteiger partial charge in [-0.15, -0.1) is 11.6 Å². The Morgan fingerprint density at radius 1 is 0.850 bits per heavy atom. The van der Waals surface area contributed by atoms with Crippen molar-refractivity contribution in [2.75, 3.05) is 21.3 Å². The second-order valence-corrected chi connectivity index (χ2v) is 4.46. The highest BCUT2D eigenvalue weighted by atomic mass is 35.5. The lowest BCUT2D eigenvalue weighted by Gasteiger charge is -2.16. The molecule has 0 spiro atoms.